The molecule has 0 aliphatic carbocycles. The van der Waals surface area contributed by atoms with Gasteiger partial charge in [0.05, 0.1) is 0 Å². The fourth-order valence-corrected chi connectivity index (χ4v) is 5.31. The lowest BCUT2D eigenvalue weighted by Gasteiger charge is -2.03. The lowest BCUT2D eigenvalue weighted by molar-refractivity contribution is -0.108. The van der Waals surface area contributed by atoms with Gasteiger partial charge in [-0.15, -0.1) is 0 Å². The van der Waals surface area contributed by atoms with Crippen molar-refractivity contribution in [3.8, 4) is 0 Å². The third-order valence-corrected chi connectivity index (χ3v) is 7.26. The van der Waals surface area contributed by atoms with Crippen LogP contribution in [0.1, 0.15) is 116 Å². The summed E-state index contributed by atoms with van der Waals surface area (Å²) in [6.07, 6.45) is 24.5. The van der Waals surface area contributed by atoms with E-state index < -0.39 is 0 Å². The molecule has 0 unspecified atom stereocenters. The normalized spacial score (nSPS) is 10.9. The molecular weight excluding hydrogens is 360 g/mol. The lowest BCUT2D eigenvalue weighted by atomic mass is 10.1. The monoisotopic (exact) mass is 402 g/mol. The maximum absolute atomic E-state index is 10.2. The van der Waals surface area contributed by atoms with Crippen LogP contribution in [0.25, 0.3) is 0 Å². The van der Waals surface area contributed by atoms with Crippen LogP contribution in [0.4, 0.5) is 0 Å². The molecule has 0 bridgehead atoms. The Morgan fingerprint density at radius 2 is 0.654 bits per heavy atom. The van der Waals surface area contributed by atoms with Gasteiger partial charge < -0.3 is 9.59 Å². The third kappa shape index (κ3) is 24.0. The topological polar surface area (TPSA) is 34.1 Å². The van der Waals surface area contributed by atoms with Gasteiger partial charge in [0.15, 0.2) is 0 Å². The van der Waals surface area contributed by atoms with Gasteiger partial charge >= 0.3 is 0 Å². The molecule has 0 heterocycles. The zero-order valence-electron chi connectivity index (χ0n) is 16.9. The van der Waals surface area contributed by atoms with Crippen LogP contribution in [0.3, 0.4) is 0 Å². The van der Waals surface area contributed by atoms with Crippen LogP contribution in [0.15, 0.2) is 0 Å². The molecule has 0 radical (unpaired) electrons. The van der Waals surface area contributed by atoms with E-state index in [9.17, 15) is 9.59 Å². The molecule has 0 amide bonds. The molecule has 0 aromatic heterocycles. The fourth-order valence-electron chi connectivity index (χ4n) is 3.02. The van der Waals surface area contributed by atoms with Gasteiger partial charge in [-0.05, 0) is 25.7 Å². The van der Waals surface area contributed by atoms with E-state index in [0.29, 0.717) is 0 Å². The van der Waals surface area contributed by atoms with Gasteiger partial charge in [-0.3, -0.25) is 0 Å². The third-order valence-electron chi connectivity index (χ3n) is 4.68. The maximum Gasteiger partial charge on any atom is 0.119 e. The number of hydrogen-bond acceptors (Lipinski definition) is 4. The van der Waals surface area contributed by atoms with Crippen LogP contribution in [0, 0.1) is 0 Å². The first kappa shape index (κ1) is 26.0. The average molecular weight is 403 g/mol. The highest BCUT2D eigenvalue weighted by molar-refractivity contribution is 8.76. The smallest absolute Gasteiger partial charge is 0.119 e. The molecule has 0 rings (SSSR count). The second kappa shape index (κ2) is 25.0. The van der Waals surface area contributed by atoms with Crippen molar-refractivity contribution < 1.29 is 9.59 Å². The molecule has 0 saturated carbocycles. The minimum Gasteiger partial charge on any atom is -0.303 e. The van der Waals surface area contributed by atoms with Gasteiger partial charge in [0.2, 0.25) is 0 Å². The van der Waals surface area contributed by atoms with Gasteiger partial charge in [-0.25, -0.2) is 0 Å². The molecule has 26 heavy (non-hydrogen) atoms. The Kier molecular flexibility index (Phi) is 25.1. The first-order chi connectivity index (χ1) is 12.9. The van der Waals surface area contributed by atoms with Gasteiger partial charge in [0.25, 0.3) is 0 Å². The summed E-state index contributed by atoms with van der Waals surface area (Å²) in [5.41, 5.74) is 0. The molecule has 0 aliphatic heterocycles. The van der Waals surface area contributed by atoms with E-state index in [-0.39, 0.29) is 0 Å². The van der Waals surface area contributed by atoms with Crippen LogP contribution in [0.5, 0.6) is 0 Å². The molecule has 0 aromatic carbocycles. The highest BCUT2D eigenvalue weighted by atomic mass is 33.1. The molecule has 2 nitrogen and oxygen atoms in total. The van der Waals surface area contributed by atoms with Gasteiger partial charge in [-0.2, -0.15) is 0 Å². The van der Waals surface area contributed by atoms with Crippen LogP contribution in [0.2, 0.25) is 0 Å². The summed E-state index contributed by atoms with van der Waals surface area (Å²) in [5.74, 6) is 2.62. The Morgan fingerprint density at radius 3 is 0.962 bits per heavy atom. The molecule has 4 heteroatoms. The number of unbranched alkanes of at least 4 members (excludes halogenated alkanes) is 16. The second-order valence-electron chi connectivity index (χ2n) is 7.21. The second-order valence-corrected chi connectivity index (χ2v) is 9.91. The van der Waals surface area contributed by atoms with Crippen molar-refractivity contribution in [3.05, 3.63) is 0 Å². The quantitative estimate of drug-likeness (QED) is 0.0992. The minimum absolute atomic E-state index is 0.748. The predicted molar refractivity (Wildman–Crippen MR) is 120 cm³/mol. The minimum atomic E-state index is 0.748. The SMILES string of the molecule is O=CCCCCCCCCCCSSCCCCCCCCCCC=O. The summed E-state index contributed by atoms with van der Waals surface area (Å²) in [6, 6.07) is 0. The lowest BCUT2D eigenvalue weighted by Crippen LogP contribution is -1.84. The number of hydrogen-bond donors (Lipinski definition) is 0. The highest BCUT2D eigenvalue weighted by Crippen LogP contribution is 2.24. The van der Waals surface area contributed by atoms with Crippen molar-refractivity contribution in [2.24, 2.45) is 0 Å². The van der Waals surface area contributed by atoms with E-state index in [4.69, 9.17) is 0 Å². The van der Waals surface area contributed by atoms with Crippen molar-refractivity contribution in [2.45, 2.75) is 116 Å². The number of rotatable bonds is 23. The van der Waals surface area contributed by atoms with E-state index in [0.717, 1.165) is 38.3 Å². The summed E-state index contributed by atoms with van der Waals surface area (Å²) in [4.78, 5) is 20.4. The average Bonchev–Trinajstić information content (AvgIpc) is 2.66. The number of aldehydes is 2. The highest BCUT2D eigenvalue weighted by Gasteiger charge is 1.96. The predicted octanol–water partition coefficient (Wildman–Crippen LogP) is 7.79. The summed E-state index contributed by atoms with van der Waals surface area (Å²) in [5, 5.41) is 0. The van der Waals surface area contributed by atoms with Gasteiger partial charge in [-0.1, -0.05) is 98.6 Å². The molecule has 154 valence electrons. The molecule has 0 N–H and O–H groups in total. The van der Waals surface area contributed by atoms with E-state index in [1.807, 2.05) is 0 Å². The first-order valence-corrected chi connectivity index (χ1v) is 13.5. The number of carbonyl (C=O) groups excluding carboxylic acids is 2. The molecule has 0 saturated heterocycles. The van der Waals surface area contributed by atoms with Crippen molar-refractivity contribution in [2.75, 3.05) is 11.5 Å². The van der Waals surface area contributed by atoms with Gasteiger partial charge in [0, 0.05) is 24.3 Å². The van der Waals surface area contributed by atoms with Gasteiger partial charge in [0.1, 0.15) is 12.6 Å². The standard InChI is InChI=1S/C22H42O2S2/c23-19-15-11-7-3-1-5-9-13-17-21-25-26-22-18-14-10-6-2-4-8-12-16-20-24/h19-20H,1-18,21-22H2. The molecule has 0 atom stereocenters. The van der Waals surface area contributed by atoms with Crippen LogP contribution in [-0.4, -0.2) is 24.1 Å². The van der Waals surface area contributed by atoms with Crippen LogP contribution in [-0.2, 0) is 9.59 Å². The summed E-state index contributed by atoms with van der Waals surface area (Å²) in [7, 11) is 4.13. The summed E-state index contributed by atoms with van der Waals surface area (Å²) < 4.78 is 0. The zero-order valence-corrected chi connectivity index (χ0v) is 18.6. The van der Waals surface area contributed by atoms with Crippen molar-refractivity contribution in [1.29, 1.82) is 0 Å². The summed E-state index contributed by atoms with van der Waals surface area (Å²) >= 11 is 0. The van der Waals surface area contributed by atoms with E-state index in [2.05, 4.69) is 21.6 Å². The zero-order chi connectivity index (χ0) is 19.0. The first-order valence-electron chi connectivity index (χ1n) is 11.0. The van der Waals surface area contributed by atoms with Crippen molar-refractivity contribution in [1.82, 2.24) is 0 Å². The van der Waals surface area contributed by atoms with E-state index >= 15 is 0 Å². The molecule has 0 aliphatic rings. The maximum atomic E-state index is 10.2. The summed E-state index contributed by atoms with van der Waals surface area (Å²) in [6.45, 7) is 0. The van der Waals surface area contributed by atoms with Crippen molar-refractivity contribution >= 4 is 34.2 Å². The molecule has 0 spiro atoms. The fraction of sp³-hybridized carbons (Fsp3) is 0.909. The Balaban J connectivity index is 2.96. The van der Waals surface area contributed by atoms with E-state index in [1.165, 1.54) is 101 Å². The van der Waals surface area contributed by atoms with E-state index in [1.54, 1.807) is 0 Å². The Labute approximate surface area is 170 Å². The van der Waals surface area contributed by atoms with Crippen LogP contribution >= 0.6 is 21.6 Å². The Bertz CT molecular complexity index is 257. The Hall–Kier alpha value is 0.0400. The van der Waals surface area contributed by atoms with Crippen molar-refractivity contribution in [3.63, 3.8) is 0 Å². The van der Waals surface area contributed by atoms with Crippen LogP contribution < -0.4 is 0 Å². The number of carbonyl (C=O) groups is 2. The Morgan fingerprint density at radius 1 is 0.385 bits per heavy atom. The molecule has 0 aromatic rings. The largest absolute Gasteiger partial charge is 0.303 e. The molecular formula is C22H42O2S2. The molecule has 0 fully saturated rings.